The van der Waals surface area contributed by atoms with Gasteiger partial charge in [0.25, 0.3) is 0 Å². The topological polar surface area (TPSA) is 29.1 Å². The molecule has 0 aliphatic heterocycles. The molecule has 1 N–H and O–H groups in total. The van der Waals surface area contributed by atoms with Crippen molar-refractivity contribution >= 4 is 17.5 Å². The van der Waals surface area contributed by atoms with Gasteiger partial charge < -0.3 is 5.32 Å². The minimum atomic E-state index is 0.229. The zero-order chi connectivity index (χ0) is 8.97. The largest absolute Gasteiger partial charge is 0.353 e. The number of hydrogen-bond donors (Lipinski definition) is 1. The van der Waals surface area contributed by atoms with Gasteiger partial charge in [-0.15, -0.1) is 11.6 Å². The van der Waals surface area contributed by atoms with Gasteiger partial charge in [-0.05, 0) is 25.7 Å². The highest BCUT2D eigenvalue weighted by Gasteiger charge is 2.30. The molecule has 1 unspecified atom stereocenters. The Morgan fingerprint density at radius 2 is 2.33 bits per heavy atom. The van der Waals surface area contributed by atoms with Gasteiger partial charge >= 0.3 is 0 Å². The predicted molar refractivity (Wildman–Crippen MR) is 50.3 cm³/mol. The van der Waals surface area contributed by atoms with Crippen LogP contribution in [0.1, 0.15) is 32.6 Å². The van der Waals surface area contributed by atoms with Gasteiger partial charge in [0.1, 0.15) is 0 Å². The maximum atomic E-state index is 11.3. The summed E-state index contributed by atoms with van der Waals surface area (Å²) in [5.41, 5.74) is 0. The second-order valence-electron chi connectivity index (χ2n) is 3.37. The molecule has 1 saturated carbocycles. The average molecular weight is 190 g/mol. The van der Waals surface area contributed by atoms with Gasteiger partial charge in [0, 0.05) is 17.8 Å². The number of hydrogen-bond acceptors (Lipinski definition) is 1. The van der Waals surface area contributed by atoms with E-state index in [4.69, 9.17) is 11.6 Å². The Hall–Kier alpha value is -0.240. The summed E-state index contributed by atoms with van der Waals surface area (Å²) in [6, 6.07) is 0.288. The number of nitrogens with one attached hydrogen (secondary N) is 1. The van der Waals surface area contributed by atoms with E-state index in [0.29, 0.717) is 11.8 Å². The van der Waals surface area contributed by atoms with Crippen LogP contribution in [0.4, 0.5) is 0 Å². The second-order valence-corrected chi connectivity index (χ2v) is 3.74. The van der Waals surface area contributed by atoms with Crippen LogP contribution in [0.3, 0.4) is 0 Å². The van der Waals surface area contributed by atoms with Crippen molar-refractivity contribution in [1.29, 1.82) is 0 Å². The number of alkyl halides is 1. The maximum Gasteiger partial charge on any atom is 0.223 e. The van der Waals surface area contributed by atoms with Crippen molar-refractivity contribution in [3.63, 3.8) is 0 Å². The minimum absolute atomic E-state index is 0.229. The van der Waals surface area contributed by atoms with Crippen LogP contribution in [0.2, 0.25) is 0 Å². The monoisotopic (exact) mass is 189 g/mol. The third-order valence-electron chi connectivity index (χ3n) is 2.24. The molecule has 12 heavy (non-hydrogen) atoms. The number of amides is 1. The summed E-state index contributed by atoms with van der Waals surface area (Å²) in [6.45, 7) is 2.07. The molecule has 0 spiro atoms. The zero-order valence-electron chi connectivity index (χ0n) is 7.48. The molecule has 1 atom stereocenters. The number of carbonyl (C=O) groups excluding carboxylic acids is 1. The number of carbonyl (C=O) groups is 1. The Balaban J connectivity index is 2.20. The SMILES string of the molecule is CCC(CCCl)NC(=O)C1CC1. The van der Waals surface area contributed by atoms with E-state index in [1.54, 1.807) is 0 Å². The molecule has 1 aliphatic carbocycles. The van der Waals surface area contributed by atoms with Crippen molar-refractivity contribution < 1.29 is 4.79 Å². The van der Waals surface area contributed by atoms with Gasteiger partial charge in [-0.2, -0.15) is 0 Å². The first-order chi connectivity index (χ1) is 5.77. The van der Waals surface area contributed by atoms with Crippen molar-refractivity contribution in [1.82, 2.24) is 5.32 Å². The molecule has 70 valence electrons. The smallest absolute Gasteiger partial charge is 0.223 e. The predicted octanol–water partition coefficient (Wildman–Crippen LogP) is 1.92. The fraction of sp³-hybridized carbons (Fsp3) is 0.889. The third-order valence-corrected chi connectivity index (χ3v) is 2.46. The molecular weight excluding hydrogens is 174 g/mol. The van der Waals surface area contributed by atoms with Crippen LogP contribution in [0.5, 0.6) is 0 Å². The van der Waals surface area contributed by atoms with E-state index in [2.05, 4.69) is 12.2 Å². The number of rotatable bonds is 5. The lowest BCUT2D eigenvalue weighted by atomic mass is 10.1. The van der Waals surface area contributed by atoms with Gasteiger partial charge in [0.2, 0.25) is 5.91 Å². The van der Waals surface area contributed by atoms with Crippen molar-refractivity contribution in [2.24, 2.45) is 5.92 Å². The summed E-state index contributed by atoms with van der Waals surface area (Å²) >= 11 is 5.60. The van der Waals surface area contributed by atoms with Crippen molar-refractivity contribution in [3.8, 4) is 0 Å². The van der Waals surface area contributed by atoms with Crippen LogP contribution >= 0.6 is 11.6 Å². The lowest BCUT2D eigenvalue weighted by molar-refractivity contribution is -0.123. The summed E-state index contributed by atoms with van der Waals surface area (Å²) in [5.74, 6) is 1.17. The molecule has 1 aliphatic rings. The molecule has 3 heteroatoms. The van der Waals surface area contributed by atoms with Crippen LogP contribution in [0.25, 0.3) is 0 Å². The molecule has 0 heterocycles. The number of halogens is 1. The highest BCUT2D eigenvalue weighted by atomic mass is 35.5. The molecule has 1 rings (SSSR count). The van der Waals surface area contributed by atoms with Gasteiger partial charge in [0.05, 0.1) is 0 Å². The van der Waals surface area contributed by atoms with Gasteiger partial charge in [0.15, 0.2) is 0 Å². The van der Waals surface area contributed by atoms with E-state index >= 15 is 0 Å². The van der Waals surface area contributed by atoms with E-state index in [9.17, 15) is 4.79 Å². The van der Waals surface area contributed by atoms with E-state index < -0.39 is 0 Å². The Labute approximate surface area is 78.7 Å². The highest BCUT2D eigenvalue weighted by Crippen LogP contribution is 2.29. The molecule has 0 aromatic carbocycles. The maximum absolute atomic E-state index is 11.3. The third kappa shape index (κ3) is 3.02. The minimum Gasteiger partial charge on any atom is -0.353 e. The Bertz CT molecular complexity index is 157. The Morgan fingerprint density at radius 3 is 2.75 bits per heavy atom. The highest BCUT2D eigenvalue weighted by molar-refractivity contribution is 6.17. The fourth-order valence-electron chi connectivity index (χ4n) is 1.17. The summed E-state index contributed by atoms with van der Waals surface area (Å²) < 4.78 is 0. The summed E-state index contributed by atoms with van der Waals surface area (Å²) in [6.07, 6.45) is 4.01. The van der Waals surface area contributed by atoms with Gasteiger partial charge in [-0.1, -0.05) is 6.92 Å². The molecule has 0 aromatic rings. The van der Waals surface area contributed by atoms with Crippen LogP contribution < -0.4 is 5.32 Å². The Morgan fingerprint density at radius 1 is 1.67 bits per heavy atom. The van der Waals surface area contributed by atoms with Crippen LogP contribution in [-0.2, 0) is 4.79 Å². The quantitative estimate of drug-likeness (QED) is 0.658. The molecule has 1 fully saturated rings. The first-order valence-electron chi connectivity index (χ1n) is 4.64. The second kappa shape index (κ2) is 4.70. The van der Waals surface area contributed by atoms with Crippen molar-refractivity contribution in [2.75, 3.05) is 5.88 Å². The summed E-state index contributed by atoms with van der Waals surface area (Å²) in [7, 11) is 0. The standard InChI is InChI=1S/C9H16ClNO/c1-2-8(5-6-10)11-9(12)7-3-4-7/h7-8H,2-6H2,1H3,(H,11,12). The Kier molecular flexibility index (Phi) is 3.86. The van der Waals surface area contributed by atoms with E-state index in [1.807, 2.05) is 0 Å². The first kappa shape index (κ1) is 9.85. The molecule has 0 bridgehead atoms. The fourth-order valence-corrected chi connectivity index (χ4v) is 1.44. The zero-order valence-corrected chi connectivity index (χ0v) is 8.23. The van der Waals surface area contributed by atoms with Crippen LogP contribution in [0, 0.1) is 5.92 Å². The molecule has 0 saturated heterocycles. The molecule has 0 aromatic heterocycles. The van der Waals surface area contributed by atoms with Gasteiger partial charge in [-0.25, -0.2) is 0 Å². The molecule has 1 amide bonds. The van der Waals surface area contributed by atoms with Crippen LogP contribution in [0.15, 0.2) is 0 Å². The average Bonchev–Trinajstić information content (AvgIpc) is 2.85. The van der Waals surface area contributed by atoms with Gasteiger partial charge in [-0.3, -0.25) is 4.79 Å². The normalized spacial score (nSPS) is 18.8. The molecule has 0 radical (unpaired) electrons. The van der Waals surface area contributed by atoms with Crippen LogP contribution in [-0.4, -0.2) is 17.8 Å². The lowest BCUT2D eigenvalue weighted by Crippen LogP contribution is -2.35. The summed E-state index contributed by atoms with van der Waals surface area (Å²) in [5, 5.41) is 3.01. The van der Waals surface area contributed by atoms with E-state index in [0.717, 1.165) is 25.7 Å². The van der Waals surface area contributed by atoms with E-state index in [-0.39, 0.29) is 11.9 Å². The molecular formula is C9H16ClNO. The summed E-state index contributed by atoms with van der Waals surface area (Å²) in [4.78, 5) is 11.3. The van der Waals surface area contributed by atoms with Crippen molar-refractivity contribution in [2.45, 2.75) is 38.6 Å². The lowest BCUT2D eigenvalue weighted by Gasteiger charge is -2.14. The van der Waals surface area contributed by atoms with E-state index in [1.165, 1.54) is 0 Å². The first-order valence-corrected chi connectivity index (χ1v) is 5.17. The molecule has 2 nitrogen and oxygen atoms in total. The van der Waals surface area contributed by atoms with Crippen molar-refractivity contribution in [3.05, 3.63) is 0 Å².